The number of aliphatic hydroxyl groups excluding tert-OH is 1. The molecular weight excluding hydrogens is 304 g/mol. The van der Waals surface area contributed by atoms with Crippen LogP contribution in [0.5, 0.6) is 0 Å². The predicted octanol–water partition coefficient (Wildman–Crippen LogP) is 7.31. The zero-order chi connectivity index (χ0) is 18.8. The van der Waals surface area contributed by atoms with E-state index in [1.165, 1.54) is 35.1 Å². The zero-order valence-corrected chi connectivity index (χ0v) is 16.9. The first kappa shape index (κ1) is 19.8. The standard InChI is InChI=1S/C22H30O.C2H6/c1-6-17-11-19-12-22(7-2,16(5)23)13-21(19)15(4)20(17)10-14(3)18-8-9-18;1-2/h6,10-11,15,18,21,23H,1,5,7-9,12-13H2,2-4H3;1-2H3/b14-10+;. The van der Waals surface area contributed by atoms with Gasteiger partial charge >= 0.3 is 0 Å². The fraction of sp³-hybridized carbons (Fsp3) is 0.583. The van der Waals surface area contributed by atoms with Gasteiger partial charge in [0.1, 0.15) is 0 Å². The molecule has 1 nitrogen and oxygen atoms in total. The second-order valence-electron chi connectivity index (χ2n) is 7.85. The van der Waals surface area contributed by atoms with Crippen molar-refractivity contribution >= 4 is 0 Å². The summed E-state index contributed by atoms with van der Waals surface area (Å²) in [6, 6.07) is 0. The fourth-order valence-corrected chi connectivity index (χ4v) is 4.55. The molecule has 3 atom stereocenters. The van der Waals surface area contributed by atoms with Gasteiger partial charge in [-0.3, -0.25) is 0 Å². The summed E-state index contributed by atoms with van der Waals surface area (Å²) in [4.78, 5) is 0. The van der Waals surface area contributed by atoms with Crippen LogP contribution in [0.25, 0.3) is 0 Å². The van der Waals surface area contributed by atoms with E-state index >= 15 is 0 Å². The molecule has 0 aromatic carbocycles. The highest BCUT2D eigenvalue weighted by atomic mass is 16.3. The number of hydrogen-bond donors (Lipinski definition) is 1. The van der Waals surface area contributed by atoms with Crippen molar-refractivity contribution in [2.45, 2.75) is 66.7 Å². The van der Waals surface area contributed by atoms with Gasteiger partial charge in [-0.1, -0.05) is 70.2 Å². The molecule has 25 heavy (non-hydrogen) atoms. The normalized spacial score (nSPS) is 31.7. The van der Waals surface area contributed by atoms with Crippen LogP contribution in [0.1, 0.15) is 66.7 Å². The highest BCUT2D eigenvalue weighted by Crippen LogP contribution is 2.56. The maximum Gasteiger partial charge on any atom is 0.0915 e. The zero-order valence-electron chi connectivity index (χ0n) is 16.9. The molecule has 0 aromatic rings. The van der Waals surface area contributed by atoms with Crippen LogP contribution in [0.2, 0.25) is 0 Å². The summed E-state index contributed by atoms with van der Waals surface area (Å²) in [6.07, 6.45) is 12.4. The van der Waals surface area contributed by atoms with Gasteiger partial charge in [-0.2, -0.15) is 0 Å². The van der Waals surface area contributed by atoms with Crippen molar-refractivity contribution in [1.29, 1.82) is 0 Å². The lowest BCUT2D eigenvalue weighted by Gasteiger charge is -2.30. The monoisotopic (exact) mass is 340 g/mol. The minimum absolute atomic E-state index is 0.123. The lowest BCUT2D eigenvalue weighted by molar-refractivity contribution is 0.206. The summed E-state index contributed by atoms with van der Waals surface area (Å²) in [5, 5.41) is 10.2. The summed E-state index contributed by atoms with van der Waals surface area (Å²) < 4.78 is 0. The van der Waals surface area contributed by atoms with Crippen molar-refractivity contribution < 1.29 is 5.11 Å². The van der Waals surface area contributed by atoms with E-state index in [-0.39, 0.29) is 5.41 Å². The van der Waals surface area contributed by atoms with Crippen molar-refractivity contribution in [2.24, 2.45) is 23.2 Å². The molecule has 3 unspecified atom stereocenters. The number of hydrogen-bond acceptors (Lipinski definition) is 1. The van der Waals surface area contributed by atoms with Gasteiger partial charge < -0.3 is 5.11 Å². The first-order valence-electron chi connectivity index (χ1n) is 10.1. The molecule has 1 N–H and O–H groups in total. The van der Waals surface area contributed by atoms with E-state index in [9.17, 15) is 5.11 Å². The van der Waals surface area contributed by atoms with Gasteiger partial charge in [-0.05, 0) is 67.9 Å². The highest BCUT2D eigenvalue weighted by Gasteiger charge is 2.46. The van der Waals surface area contributed by atoms with E-state index < -0.39 is 0 Å². The van der Waals surface area contributed by atoms with Crippen molar-refractivity contribution in [3.05, 3.63) is 59.4 Å². The molecule has 2 saturated carbocycles. The number of aliphatic hydroxyl groups is 1. The van der Waals surface area contributed by atoms with Gasteiger partial charge in [-0.15, -0.1) is 0 Å². The molecule has 3 rings (SSSR count). The number of fused-ring (bicyclic) bond motifs is 1. The van der Waals surface area contributed by atoms with Gasteiger partial charge in [0.25, 0.3) is 0 Å². The number of rotatable bonds is 5. The van der Waals surface area contributed by atoms with Crippen LogP contribution < -0.4 is 0 Å². The second-order valence-corrected chi connectivity index (χ2v) is 7.85. The summed E-state index contributed by atoms with van der Waals surface area (Å²) in [5.74, 6) is 2.20. The molecule has 0 aliphatic heterocycles. The Kier molecular flexibility index (Phi) is 6.19. The van der Waals surface area contributed by atoms with Gasteiger partial charge in [0, 0.05) is 5.41 Å². The van der Waals surface area contributed by atoms with Crippen molar-refractivity contribution in [3.63, 3.8) is 0 Å². The Morgan fingerprint density at radius 2 is 2.00 bits per heavy atom. The van der Waals surface area contributed by atoms with Gasteiger partial charge in [-0.25, -0.2) is 0 Å². The predicted molar refractivity (Wildman–Crippen MR) is 110 cm³/mol. The minimum Gasteiger partial charge on any atom is -0.512 e. The molecule has 0 spiro atoms. The Labute approximate surface area is 154 Å². The first-order valence-corrected chi connectivity index (χ1v) is 10.1. The third kappa shape index (κ3) is 3.71. The third-order valence-electron chi connectivity index (χ3n) is 6.51. The first-order chi connectivity index (χ1) is 11.9. The smallest absolute Gasteiger partial charge is 0.0915 e. The Morgan fingerprint density at radius 1 is 1.36 bits per heavy atom. The van der Waals surface area contributed by atoms with Crippen LogP contribution in [0, 0.1) is 23.2 Å². The van der Waals surface area contributed by atoms with E-state index in [1.807, 2.05) is 19.9 Å². The van der Waals surface area contributed by atoms with E-state index in [4.69, 9.17) is 0 Å². The number of allylic oxidation sites excluding steroid dienone is 8. The van der Waals surface area contributed by atoms with E-state index in [1.54, 1.807) is 0 Å². The lowest BCUT2D eigenvalue weighted by Crippen LogP contribution is -2.21. The maximum absolute atomic E-state index is 10.2. The van der Waals surface area contributed by atoms with Crippen LogP contribution in [0.3, 0.4) is 0 Å². The van der Waals surface area contributed by atoms with E-state index in [0.717, 1.165) is 25.2 Å². The van der Waals surface area contributed by atoms with Crippen molar-refractivity contribution in [1.82, 2.24) is 0 Å². The minimum atomic E-state index is -0.123. The molecule has 0 saturated heterocycles. The maximum atomic E-state index is 10.2. The summed E-state index contributed by atoms with van der Waals surface area (Å²) in [5.41, 5.74) is 5.59. The topological polar surface area (TPSA) is 20.2 Å². The van der Waals surface area contributed by atoms with Crippen molar-refractivity contribution in [3.8, 4) is 0 Å². The Hall–Kier alpha value is -1.50. The summed E-state index contributed by atoms with van der Waals surface area (Å²) in [7, 11) is 0. The van der Waals surface area contributed by atoms with Crippen LogP contribution in [-0.4, -0.2) is 5.11 Å². The summed E-state index contributed by atoms with van der Waals surface area (Å²) in [6.45, 7) is 18.7. The third-order valence-corrected chi connectivity index (χ3v) is 6.51. The quantitative estimate of drug-likeness (QED) is 0.520. The second kappa shape index (κ2) is 7.81. The fourth-order valence-electron chi connectivity index (χ4n) is 4.55. The molecule has 0 radical (unpaired) electrons. The van der Waals surface area contributed by atoms with Crippen LogP contribution in [0.4, 0.5) is 0 Å². The molecule has 0 heterocycles. The van der Waals surface area contributed by atoms with Gasteiger partial charge in [0.15, 0.2) is 0 Å². The molecule has 0 aromatic heterocycles. The van der Waals surface area contributed by atoms with Crippen LogP contribution in [-0.2, 0) is 0 Å². The molecule has 3 aliphatic carbocycles. The Morgan fingerprint density at radius 3 is 2.48 bits per heavy atom. The Balaban J connectivity index is 0.00000109. The molecule has 138 valence electrons. The molecule has 0 amide bonds. The molecular formula is C24H36O. The van der Waals surface area contributed by atoms with E-state index in [0.29, 0.717) is 17.6 Å². The summed E-state index contributed by atoms with van der Waals surface area (Å²) >= 11 is 0. The largest absolute Gasteiger partial charge is 0.512 e. The SMILES string of the molecule is C=CC1=C(/C=C(\C)C2CC2)C(C)C2CC(CC)(C(=C)O)CC2=C1.CC. The lowest BCUT2D eigenvalue weighted by atomic mass is 9.75. The van der Waals surface area contributed by atoms with Crippen LogP contribution >= 0.6 is 0 Å². The average molecular weight is 341 g/mol. The van der Waals surface area contributed by atoms with Gasteiger partial charge in [0.05, 0.1) is 5.76 Å². The van der Waals surface area contributed by atoms with Crippen LogP contribution in [0.15, 0.2) is 59.4 Å². The highest BCUT2D eigenvalue weighted by molar-refractivity contribution is 5.50. The van der Waals surface area contributed by atoms with E-state index in [2.05, 4.69) is 46.1 Å². The Bertz CT molecular complexity index is 626. The molecule has 2 fully saturated rings. The molecule has 0 bridgehead atoms. The average Bonchev–Trinajstić information content (AvgIpc) is 3.39. The van der Waals surface area contributed by atoms with Crippen molar-refractivity contribution in [2.75, 3.05) is 0 Å². The van der Waals surface area contributed by atoms with Gasteiger partial charge in [0.2, 0.25) is 0 Å². The molecule has 3 aliphatic rings. The molecule has 1 heteroatoms.